The molecule has 0 spiro atoms. The summed E-state index contributed by atoms with van der Waals surface area (Å²) in [6.45, 7) is 3.14. The normalized spacial score (nSPS) is 15.2. The summed E-state index contributed by atoms with van der Waals surface area (Å²) in [5, 5.41) is 2.66. The third kappa shape index (κ3) is 4.53. The lowest BCUT2D eigenvalue weighted by Crippen LogP contribution is -2.38. The van der Waals surface area contributed by atoms with Crippen LogP contribution in [-0.2, 0) is 32.0 Å². The summed E-state index contributed by atoms with van der Waals surface area (Å²) in [6.07, 6.45) is 0.871. The van der Waals surface area contributed by atoms with Gasteiger partial charge in [0.1, 0.15) is 0 Å². The standard InChI is InChI=1S/C21H22N2O4/c1-14-11-17-5-3-4-6-19(17)23(14)20(25)13-27-21(26)12-16-7-9-18(10-8-16)22-15(2)24/h3-10,14H,11-13H2,1-2H3,(H,22,24)/t14-/m0/s1. The molecule has 1 aliphatic heterocycles. The first-order valence-corrected chi connectivity index (χ1v) is 8.86. The van der Waals surface area contributed by atoms with E-state index in [9.17, 15) is 14.4 Å². The summed E-state index contributed by atoms with van der Waals surface area (Å²) in [4.78, 5) is 37.3. The Bertz CT molecular complexity index is 861. The molecule has 27 heavy (non-hydrogen) atoms. The number of para-hydroxylation sites is 1. The highest BCUT2D eigenvalue weighted by Crippen LogP contribution is 2.31. The average molecular weight is 366 g/mol. The molecule has 0 unspecified atom stereocenters. The van der Waals surface area contributed by atoms with E-state index in [1.54, 1.807) is 29.2 Å². The number of amides is 2. The van der Waals surface area contributed by atoms with Crippen molar-refractivity contribution in [3.05, 3.63) is 59.7 Å². The van der Waals surface area contributed by atoms with Crippen LogP contribution in [0.15, 0.2) is 48.5 Å². The lowest BCUT2D eigenvalue weighted by atomic mass is 10.1. The van der Waals surface area contributed by atoms with Crippen LogP contribution in [0.1, 0.15) is 25.0 Å². The van der Waals surface area contributed by atoms with Crippen molar-refractivity contribution >= 4 is 29.2 Å². The Hall–Kier alpha value is -3.15. The van der Waals surface area contributed by atoms with Crippen molar-refractivity contribution in [2.45, 2.75) is 32.7 Å². The van der Waals surface area contributed by atoms with E-state index in [0.717, 1.165) is 23.2 Å². The maximum atomic E-state index is 12.5. The van der Waals surface area contributed by atoms with Crippen LogP contribution in [0.2, 0.25) is 0 Å². The lowest BCUT2D eigenvalue weighted by Gasteiger charge is -2.22. The van der Waals surface area contributed by atoms with E-state index in [-0.39, 0.29) is 30.9 Å². The van der Waals surface area contributed by atoms with Crippen molar-refractivity contribution in [1.82, 2.24) is 0 Å². The van der Waals surface area contributed by atoms with Crippen molar-refractivity contribution in [3.63, 3.8) is 0 Å². The van der Waals surface area contributed by atoms with Crippen LogP contribution in [0.25, 0.3) is 0 Å². The Kier molecular flexibility index (Phi) is 5.54. The van der Waals surface area contributed by atoms with Crippen molar-refractivity contribution in [3.8, 4) is 0 Å². The predicted octanol–water partition coefficient (Wildman–Crippen LogP) is 2.71. The molecule has 2 aromatic rings. The predicted molar refractivity (Wildman–Crippen MR) is 103 cm³/mol. The van der Waals surface area contributed by atoms with Gasteiger partial charge in [0.2, 0.25) is 5.91 Å². The first-order valence-electron chi connectivity index (χ1n) is 8.86. The van der Waals surface area contributed by atoms with Crippen molar-refractivity contribution in [1.29, 1.82) is 0 Å². The smallest absolute Gasteiger partial charge is 0.310 e. The Morgan fingerprint density at radius 2 is 1.81 bits per heavy atom. The summed E-state index contributed by atoms with van der Waals surface area (Å²) >= 11 is 0. The molecule has 0 aliphatic carbocycles. The van der Waals surface area contributed by atoms with E-state index in [1.807, 2.05) is 31.2 Å². The van der Waals surface area contributed by atoms with Gasteiger partial charge in [0.25, 0.3) is 5.91 Å². The number of hydrogen-bond acceptors (Lipinski definition) is 4. The van der Waals surface area contributed by atoms with Crippen LogP contribution in [0.5, 0.6) is 0 Å². The molecule has 1 atom stereocenters. The fraction of sp³-hybridized carbons (Fsp3) is 0.286. The largest absolute Gasteiger partial charge is 0.455 e. The quantitative estimate of drug-likeness (QED) is 0.826. The third-order valence-electron chi connectivity index (χ3n) is 4.46. The zero-order valence-electron chi connectivity index (χ0n) is 15.4. The molecule has 1 heterocycles. The minimum atomic E-state index is -0.462. The van der Waals surface area contributed by atoms with Gasteiger partial charge >= 0.3 is 5.97 Å². The maximum Gasteiger partial charge on any atom is 0.310 e. The van der Waals surface area contributed by atoms with Crippen LogP contribution in [0.4, 0.5) is 11.4 Å². The van der Waals surface area contributed by atoms with E-state index in [0.29, 0.717) is 5.69 Å². The number of anilines is 2. The summed E-state index contributed by atoms with van der Waals surface area (Å²) < 4.78 is 5.18. The molecule has 1 aliphatic rings. The second-order valence-corrected chi connectivity index (χ2v) is 6.66. The SMILES string of the molecule is CC(=O)Nc1ccc(CC(=O)OCC(=O)N2c3ccccc3C[C@@H]2C)cc1. The van der Waals surface area contributed by atoms with Gasteiger partial charge in [0.15, 0.2) is 6.61 Å². The third-order valence-corrected chi connectivity index (χ3v) is 4.46. The molecule has 2 aromatic carbocycles. The maximum absolute atomic E-state index is 12.5. The number of carbonyl (C=O) groups excluding carboxylic acids is 3. The number of esters is 1. The highest BCUT2D eigenvalue weighted by atomic mass is 16.5. The van der Waals surface area contributed by atoms with Crippen LogP contribution in [-0.4, -0.2) is 30.4 Å². The fourth-order valence-electron chi connectivity index (χ4n) is 3.28. The molecule has 0 radical (unpaired) electrons. The van der Waals surface area contributed by atoms with Gasteiger partial charge in [-0.2, -0.15) is 0 Å². The first-order chi connectivity index (χ1) is 12.9. The van der Waals surface area contributed by atoms with Gasteiger partial charge in [-0.05, 0) is 42.7 Å². The summed E-state index contributed by atoms with van der Waals surface area (Å²) in [7, 11) is 0. The second-order valence-electron chi connectivity index (χ2n) is 6.66. The topological polar surface area (TPSA) is 75.7 Å². The molecule has 3 rings (SSSR count). The minimum absolute atomic E-state index is 0.0509. The van der Waals surface area contributed by atoms with Crippen LogP contribution in [0.3, 0.4) is 0 Å². The average Bonchev–Trinajstić information content (AvgIpc) is 2.97. The van der Waals surface area contributed by atoms with Gasteiger partial charge in [-0.25, -0.2) is 0 Å². The summed E-state index contributed by atoms with van der Waals surface area (Å²) in [6, 6.07) is 14.8. The molecule has 6 heteroatoms. The molecule has 0 fully saturated rings. The molecule has 0 aromatic heterocycles. The van der Waals surface area contributed by atoms with E-state index in [2.05, 4.69) is 5.32 Å². The summed E-state index contributed by atoms with van der Waals surface area (Å²) in [5.41, 5.74) is 3.43. The Labute approximate surface area is 158 Å². The zero-order chi connectivity index (χ0) is 19.4. The van der Waals surface area contributed by atoms with Gasteiger partial charge in [-0.1, -0.05) is 30.3 Å². The van der Waals surface area contributed by atoms with Crippen molar-refractivity contribution < 1.29 is 19.1 Å². The molecule has 0 saturated carbocycles. The van der Waals surface area contributed by atoms with Crippen LogP contribution >= 0.6 is 0 Å². The number of benzene rings is 2. The fourth-order valence-corrected chi connectivity index (χ4v) is 3.28. The Balaban J connectivity index is 1.53. The highest BCUT2D eigenvalue weighted by Gasteiger charge is 2.30. The lowest BCUT2D eigenvalue weighted by molar-refractivity contribution is -0.147. The monoisotopic (exact) mass is 366 g/mol. The number of fused-ring (bicyclic) bond motifs is 1. The number of carbonyl (C=O) groups is 3. The molecular formula is C21H22N2O4. The van der Waals surface area contributed by atoms with Crippen LogP contribution < -0.4 is 10.2 Å². The number of hydrogen-bond donors (Lipinski definition) is 1. The Morgan fingerprint density at radius 1 is 1.11 bits per heavy atom. The highest BCUT2D eigenvalue weighted by molar-refractivity contribution is 5.97. The van der Waals surface area contributed by atoms with E-state index in [1.165, 1.54) is 6.92 Å². The number of nitrogens with zero attached hydrogens (tertiary/aromatic N) is 1. The number of ether oxygens (including phenoxy) is 1. The summed E-state index contributed by atoms with van der Waals surface area (Å²) in [5.74, 6) is -0.837. The first kappa shape index (κ1) is 18.6. The van der Waals surface area contributed by atoms with Gasteiger partial charge in [-0.15, -0.1) is 0 Å². The molecule has 140 valence electrons. The zero-order valence-corrected chi connectivity index (χ0v) is 15.4. The second kappa shape index (κ2) is 8.03. The van der Waals surface area contributed by atoms with Crippen molar-refractivity contribution in [2.24, 2.45) is 0 Å². The van der Waals surface area contributed by atoms with E-state index < -0.39 is 5.97 Å². The number of nitrogens with one attached hydrogen (secondary N) is 1. The molecule has 1 N–H and O–H groups in total. The van der Waals surface area contributed by atoms with Gasteiger partial charge < -0.3 is 15.0 Å². The number of rotatable bonds is 5. The molecular weight excluding hydrogens is 344 g/mol. The van der Waals surface area contributed by atoms with Gasteiger partial charge in [-0.3, -0.25) is 14.4 Å². The minimum Gasteiger partial charge on any atom is -0.455 e. The van der Waals surface area contributed by atoms with Gasteiger partial charge in [0.05, 0.1) is 6.42 Å². The van der Waals surface area contributed by atoms with E-state index in [4.69, 9.17) is 4.74 Å². The van der Waals surface area contributed by atoms with Crippen LogP contribution in [0, 0.1) is 0 Å². The molecule has 0 bridgehead atoms. The molecule has 2 amide bonds. The Morgan fingerprint density at radius 3 is 2.52 bits per heavy atom. The van der Waals surface area contributed by atoms with Gasteiger partial charge in [0, 0.05) is 24.3 Å². The molecule has 6 nitrogen and oxygen atoms in total. The van der Waals surface area contributed by atoms with Crippen molar-refractivity contribution in [2.75, 3.05) is 16.8 Å². The molecule has 0 saturated heterocycles. The van der Waals surface area contributed by atoms with E-state index >= 15 is 0 Å².